The minimum absolute atomic E-state index is 0.143. The molecule has 13 rings (SSSR count). The van der Waals surface area contributed by atoms with E-state index in [4.69, 9.17) is 0 Å². The molecule has 0 amide bonds. The van der Waals surface area contributed by atoms with Crippen molar-refractivity contribution < 1.29 is 0 Å². The van der Waals surface area contributed by atoms with Crippen LogP contribution in [0, 0.1) is 0 Å². The van der Waals surface area contributed by atoms with Crippen molar-refractivity contribution >= 4 is 71.2 Å². The van der Waals surface area contributed by atoms with Gasteiger partial charge in [-0.05, 0) is 137 Å². The molecule has 2 heteroatoms. The highest BCUT2D eigenvalue weighted by Gasteiger charge is 2.36. The van der Waals surface area contributed by atoms with Gasteiger partial charge in [-0.25, -0.2) is 0 Å². The van der Waals surface area contributed by atoms with Crippen LogP contribution in [0.1, 0.15) is 25.0 Å². The fourth-order valence-electron chi connectivity index (χ4n) is 11.0. The van der Waals surface area contributed by atoms with Crippen molar-refractivity contribution in [1.82, 2.24) is 4.57 Å². The van der Waals surface area contributed by atoms with Crippen LogP contribution in [0.25, 0.3) is 93.2 Å². The maximum Gasteiger partial charge on any atom is 0.0547 e. The second kappa shape index (κ2) is 14.4. The average molecular weight is 829 g/mol. The first-order valence-electron chi connectivity index (χ1n) is 22.7. The highest BCUT2D eigenvalue weighted by Crippen LogP contribution is 2.51. The summed E-state index contributed by atoms with van der Waals surface area (Å²) < 4.78 is 2.49. The number of nitrogens with zero attached hydrogens (tertiary/aromatic N) is 2. The molecule has 306 valence electrons. The predicted octanol–water partition coefficient (Wildman–Crippen LogP) is 17.4. The van der Waals surface area contributed by atoms with Gasteiger partial charge in [0.1, 0.15) is 0 Å². The smallest absolute Gasteiger partial charge is 0.0547 e. The number of rotatable bonds is 6. The first kappa shape index (κ1) is 37.4. The maximum absolute atomic E-state index is 2.49. The summed E-state index contributed by atoms with van der Waals surface area (Å²) in [4.78, 5) is 2.46. The second-order valence-electron chi connectivity index (χ2n) is 18.1. The number of benzene rings is 11. The van der Waals surface area contributed by atoms with Gasteiger partial charge in [-0.15, -0.1) is 0 Å². The van der Waals surface area contributed by atoms with E-state index in [-0.39, 0.29) is 5.41 Å². The lowest BCUT2D eigenvalue weighted by molar-refractivity contribution is 0.660. The van der Waals surface area contributed by atoms with Crippen molar-refractivity contribution in [3.8, 4) is 39.1 Å². The predicted molar refractivity (Wildman–Crippen MR) is 276 cm³/mol. The van der Waals surface area contributed by atoms with Gasteiger partial charge in [0.25, 0.3) is 0 Å². The number of aromatic nitrogens is 1. The van der Waals surface area contributed by atoms with Crippen molar-refractivity contribution in [2.24, 2.45) is 0 Å². The van der Waals surface area contributed by atoms with Crippen LogP contribution in [0.5, 0.6) is 0 Å². The standard InChI is InChI=1S/C63H44N2/c1-63(2)57-29-10-9-26-54(57)55-35-34-50(40-58(55)63)64(47-21-11-20-45(38-47)46-32-31-41-15-3-4-18-44(41)37-46)48-22-13-23-49(39-48)65-59-30-14-28-56(53-27-12-19-42-16-5-7-24-51(42)53)62(59)61-52-25-8-6-17-43(52)33-36-60(61)65/h3-40H,1-2H3. The largest absolute Gasteiger partial charge is 0.310 e. The summed E-state index contributed by atoms with van der Waals surface area (Å²) in [6, 6.07) is 85.4. The third-order valence-corrected chi connectivity index (χ3v) is 14.1. The molecule has 0 saturated heterocycles. The van der Waals surface area contributed by atoms with E-state index < -0.39 is 0 Å². The molecule has 2 nitrogen and oxygen atoms in total. The first-order valence-corrected chi connectivity index (χ1v) is 22.7. The average Bonchev–Trinajstić information content (AvgIpc) is 3.82. The van der Waals surface area contributed by atoms with Gasteiger partial charge in [0, 0.05) is 38.9 Å². The van der Waals surface area contributed by atoms with Crippen LogP contribution in [0.3, 0.4) is 0 Å². The quantitative estimate of drug-likeness (QED) is 0.162. The summed E-state index contributed by atoms with van der Waals surface area (Å²) in [5, 5.41) is 10.0. The van der Waals surface area contributed by atoms with E-state index in [0.29, 0.717) is 0 Å². The minimum atomic E-state index is -0.143. The van der Waals surface area contributed by atoms with Gasteiger partial charge in [0.2, 0.25) is 0 Å². The Labute approximate surface area is 378 Å². The molecule has 11 aromatic carbocycles. The summed E-state index contributed by atoms with van der Waals surface area (Å²) in [6.45, 7) is 4.73. The van der Waals surface area contributed by atoms with E-state index >= 15 is 0 Å². The van der Waals surface area contributed by atoms with Gasteiger partial charge < -0.3 is 9.47 Å². The Hall–Kier alpha value is -8.20. The van der Waals surface area contributed by atoms with E-state index in [1.165, 1.54) is 98.6 Å². The molecule has 1 heterocycles. The highest BCUT2D eigenvalue weighted by atomic mass is 15.1. The zero-order chi connectivity index (χ0) is 43.2. The number of anilines is 3. The molecule has 0 saturated carbocycles. The Kier molecular flexibility index (Phi) is 8.29. The van der Waals surface area contributed by atoms with Crippen LogP contribution in [0.2, 0.25) is 0 Å². The van der Waals surface area contributed by atoms with Crippen molar-refractivity contribution in [3.05, 3.63) is 242 Å². The molecule has 0 bridgehead atoms. The lowest BCUT2D eigenvalue weighted by atomic mass is 9.82. The normalized spacial score (nSPS) is 12.9. The number of hydrogen-bond donors (Lipinski definition) is 0. The summed E-state index contributed by atoms with van der Waals surface area (Å²) in [5.41, 5.74) is 16.9. The summed E-state index contributed by atoms with van der Waals surface area (Å²) in [6.07, 6.45) is 0. The molecule has 0 aliphatic heterocycles. The number of fused-ring (bicyclic) bond motifs is 10. The lowest BCUT2D eigenvalue weighted by Gasteiger charge is -2.29. The first-order chi connectivity index (χ1) is 32.0. The van der Waals surface area contributed by atoms with Crippen molar-refractivity contribution in [1.29, 1.82) is 0 Å². The molecule has 0 radical (unpaired) electrons. The molecule has 0 N–H and O–H groups in total. The third kappa shape index (κ3) is 5.81. The summed E-state index contributed by atoms with van der Waals surface area (Å²) in [5.74, 6) is 0. The molecule has 12 aromatic rings. The Morgan fingerprint density at radius 2 is 0.923 bits per heavy atom. The van der Waals surface area contributed by atoms with Crippen LogP contribution in [-0.2, 0) is 5.41 Å². The Morgan fingerprint density at radius 3 is 1.80 bits per heavy atom. The van der Waals surface area contributed by atoms with Gasteiger partial charge in [0.05, 0.1) is 11.0 Å². The molecule has 0 unspecified atom stereocenters. The highest BCUT2D eigenvalue weighted by molar-refractivity contribution is 6.26. The SMILES string of the molecule is CC1(C)c2ccccc2-c2ccc(N(c3cccc(-c4ccc5ccccc5c4)c3)c3cccc(-n4c5cccc(-c6cccc7ccccc67)c5c5c6ccccc6ccc54)c3)cc21. The van der Waals surface area contributed by atoms with Gasteiger partial charge in [0.15, 0.2) is 0 Å². The van der Waals surface area contributed by atoms with Crippen LogP contribution in [0.15, 0.2) is 231 Å². The molecule has 65 heavy (non-hydrogen) atoms. The molecular weight excluding hydrogens is 785 g/mol. The molecule has 1 aliphatic carbocycles. The van der Waals surface area contributed by atoms with E-state index in [0.717, 1.165) is 22.7 Å². The minimum Gasteiger partial charge on any atom is -0.310 e. The fraction of sp³-hybridized carbons (Fsp3) is 0.0476. The van der Waals surface area contributed by atoms with Gasteiger partial charge >= 0.3 is 0 Å². The van der Waals surface area contributed by atoms with Crippen molar-refractivity contribution in [3.63, 3.8) is 0 Å². The Bertz CT molecular complexity index is 3880. The van der Waals surface area contributed by atoms with Crippen molar-refractivity contribution in [2.75, 3.05) is 4.90 Å². The zero-order valence-electron chi connectivity index (χ0n) is 36.3. The van der Waals surface area contributed by atoms with Crippen LogP contribution in [-0.4, -0.2) is 4.57 Å². The summed E-state index contributed by atoms with van der Waals surface area (Å²) >= 11 is 0. The summed E-state index contributed by atoms with van der Waals surface area (Å²) in [7, 11) is 0. The van der Waals surface area contributed by atoms with E-state index in [1.807, 2.05) is 0 Å². The Morgan fingerprint density at radius 1 is 0.338 bits per heavy atom. The molecular formula is C63H44N2. The number of hydrogen-bond acceptors (Lipinski definition) is 1. The second-order valence-corrected chi connectivity index (χ2v) is 18.1. The van der Waals surface area contributed by atoms with Crippen LogP contribution in [0.4, 0.5) is 17.1 Å². The van der Waals surface area contributed by atoms with E-state index in [1.54, 1.807) is 0 Å². The molecule has 0 fully saturated rings. The third-order valence-electron chi connectivity index (χ3n) is 14.1. The maximum atomic E-state index is 2.49. The molecule has 1 aliphatic rings. The zero-order valence-corrected chi connectivity index (χ0v) is 36.3. The van der Waals surface area contributed by atoms with E-state index in [9.17, 15) is 0 Å². The van der Waals surface area contributed by atoms with Crippen LogP contribution >= 0.6 is 0 Å². The lowest BCUT2D eigenvalue weighted by Crippen LogP contribution is -2.16. The van der Waals surface area contributed by atoms with Crippen LogP contribution < -0.4 is 4.90 Å². The van der Waals surface area contributed by atoms with Crippen molar-refractivity contribution in [2.45, 2.75) is 19.3 Å². The van der Waals surface area contributed by atoms with Gasteiger partial charge in [-0.1, -0.05) is 184 Å². The van der Waals surface area contributed by atoms with Gasteiger partial charge in [-0.2, -0.15) is 0 Å². The monoisotopic (exact) mass is 828 g/mol. The Balaban J connectivity index is 1.04. The molecule has 1 aromatic heterocycles. The molecule has 0 spiro atoms. The molecule has 0 atom stereocenters. The topological polar surface area (TPSA) is 8.17 Å². The fourth-order valence-corrected chi connectivity index (χ4v) is 11.0. The van der Waals surface area contributed by atoms with Gasteiger partial charge in [-0.3, -0.25) is 0 Å². The van der Waals surface area contributed by atoms with E-state index in [2.05, 4.69) is 254 Å².